The molecule has 6 heteroatoms. The lowest BCUT2D eigenvalue weighted by molar-refractivity contribution is 0.0767. The average molecular weight is 401 g/mol. The summed E-state index contributed by atoms with van der Waals surface area (Å²) >= 11 is 6.15. The van der Waals surface area contributed by atoms with Crippen LogP contribution < -0.4 is 9.47 Å². The molecule has 0 unspecified atom stereocenters. The summed E-state index contributed by atoms with van der Waals surface area (Å²) in [6.45, 7) is 2.51. The number of rotatable bonds is 4. The first-order valence-electron chi connectivity index (χ1n) is 9.48. The largest absolute Gasteiger partial charge is 0.497 e. The highest BCUT2D eigenvalue weighted by Gasteiger charge is 2.47. The Morgan fingerprint density at radius 3 is 2.39 bits per heavy atom. The van der Waals surface area contributed by atoms with Gasteiger partial charge in [0.05, 0.1) is 14.2 Å². The van der Waals surface area contributed by atoms with E-state index in [0.717, 1.165) is 25.4 Å². The van der Waals surface area contributed by atoms with Crippen LogP contribution in [-0.2, 0) is 0 Å². The number of carbonyl (C=O) groups is 1. The van der Waals surface area contributed by atoms with Crippen LogP contribution in [0.2, 0.25) is 5.02 Å². The Morgan fingerprint density at radius 2 is 1.71 bits per heavy atom. The van der Waals surface area contributed by atoms with E-state index in [0.29, 0.717) is 34.2 Å². The van der Waals surface area contributed by atoms with Crippen molar-refractivity contribution in [1.82, 2.24) is 9.80 Å². The highest BCUT2D eigenvalue weighted by atomic mass is 35.5. The van der Waals surface area contributed by atoms with Crippen LogP contribution in [0.3, 0.4) is 0 Å². The standard InChI is InChI=1S/C22H25ClN2O3/c1-24-11-16-12-25(22(26)15-8-17(23)10-19(9-15)28-3)13-20(16)21(24)14-4-6-18(27-2)7-5-14/h4-10,16,20-21H,11-13H2,1-3H3/t16-,20+,21-/m0/s1. The molecular formula is C22H25ClN2O3. The molecule has 2 saturated heterocycles. The van der Waals surface area contributed by atoms with Crippen LogP contribution in [0.25, 0.3) is 0 Å². The summed E-state index contributed by atoms with van der Waals surface area (Å²) in [7, 11) is 5.43. The zero-order valence-corrected chi connectivity index (χ0v) is 17.1. The number of benzene rings is 2. The predicted molar refractivity (Wildman–Crippen MR) is 109 cm³/mol. The second kappa shape index (κ2) is 7.64. The van der Waals surface area contributed by atoms with E-state index in [1.807, 2.05) is 17.0 Å². The van der Waals surface area contributed by atoms with Gasteiger partial charge in [-0.15, -0.1) is 0 Å². The maximum absolute atomic E-state index is 13.1. The fourth-order valence-corrected chi connectivity index (χ4v) is 4.94. The van der Waals surface area contributed by atoms with Gasteiger partial charge in [0, 0.05) is 42.2 Å². The molecular weight excluding hydrogens is 376 g/mol. The molecule has 0 bridgehead atoms. The topological polar surface area (TPSA) is 42.0 Å². The molecule has 0 radical (unpaired) electrons. The number of hydrogen-bond donors (Lipinski definition) is 0. The van der Waals surface area contributed by atoms with Crippen LogP contribution in [0.1, 0.15) is 22.0 Å². The Morgan fingerprint density at radius 1 is 1.00 bits per heavy atom. The first-order valence-corrected chi connectivity index (χ1v) is 9.86. The number of nitrogens with zero attached hydrogens (tertiary/aromatic N) is 2. The van der Waals surface area contributed by atoms with Crippen LogP contribution in [0.5, 0.6) is 11.5 Å². The molecule has 2 aromatic carbocycles. The molecule has 2 heterocycles. The molecule has 1 amide bonds. The molecule has 0 spiro atoms. The number of hydrogen-bond acceptors (Lipinski definition) is 4. The van der Waals surface area contributed by atoms with Gasteiger partial charge in [-0.25, -0.2) is 0 Å². The fraction of sp³-hybridized carbons (Fsp3) is 0.409. The fourth-order valence-electron chi connectivity index (χ4n) is 4.71. The molecule has 28 heavy (non-hydrogen) atoms. The van der Waals surface area contributed by atoms with Crippen LogP contribution in [-0.4, -0.2) is 56.6 Å². The van der Waals surface area contributed by atoms with Gasteiger partial charge in [-0.2, -0.15) is 0 Å². The number of ether oxygens (including phenoxy) is 2. The Hall–Kier alpha value is -2.24. The first-order chi connectivity index (χ1) is 13.5. The molecule has 0 aromatic heterocycles. The number of fused-ring (bicyclic) bond motifs is 1. The third-order valence-corrected chi connectivity index (χ3v) is 6.21. The highest BCUT2D eigenvalue weighted by Crippen LogP contribution is 2.44. The minimum Gasteiger partial charge on any atom is -0.497 e. The van der Waals surface area contributed by atoms with E-state index in [9.17, 15) is 4.79 Å². The highest BCUT2D eigenvalue weighted by molar-refractivity contribution is 6.31. The zero-order chi connectivity index (χ0) is 19.8. The Balaban J connectivity index is 1.54. The summed E-state index contributed by atoms with van der Waals surface area (Å²) in [5.74, 6) is 2.38. The lowest BCUT2D eigenvalue weighted by atomic mass is 9.89. The van der Waals surface area contributed by atoms with Crippen LogP contribution >= 0.6 is 11.6 Å². The third-order valence-electron chi connectivity index (χ3n) is 5.99. The van der Waals surface area contributed by atoms with Gasteiger partial charge in [0.2, 0.25) is 0 Å². The van der Waals surface area contributed by atoms with Crippen LogP contribution in [0.4, 0.5) is 0 Å². The van der Waals surface area contributed by atoms with Gasteiger partial charge in [-0.1, -0.05) is 23.7 Å². The molecule has 2 aliphatic rings. The molecule has 2 aliphatic heterocycles. The van der Waals surface area contributed by atoms with Gasteiger partial charge in [-0.3, -0.25) is 9.69 Å². The Labute approximate surface area is 170 Å². The molecule has 5 nitrogen and oxygen atoms in total. The van der Waals surface area contributed by atoms with Gasteiger partial charge in [0.15, 0.2) is 0 Å². The monoisotopic (exact) mass is 400 g/mol. The molecule has 0 aliphatic carbocycles. The summed E-state index contributed by atoms with van der Waals surface area (Å²) in [5, 5.41) is 0.512. The second-order valence-corrected chi connectivity index (χ2v) is 8.11. The number of halogens is 1. The van der Waals surface area contributed by atoms with E-state index in [-0.39, 0.29) is 5.91 Å². The summed E-state index contributed by atoms with van der Waals surface area (Å²) in [5.41, 5.74) is 1.85. The van der Waals surface area contributed by atoms with E-state index in [2.05, 4.69) is 24.1 Å². The van der Waals surface area contributed by atoms with Crippen molar-refractivity contribution in [3.05, 3.63) is 58.6 Å². The van der Waals surface area contributed by atoms with E-state index >= 15 is 0 Å². The molecule has 148 valence electrons. The maximum Gasteiger partial charge on any atom is 0.254 e. The SMILES string of the molecule is COc1ccc([C@H]2[C@@H]3CN(C(=O)c4cc(Cl)cc(OC)c4)C[C@@H]3CN2C)cc1. The summed E-state index contributed by atoms with van der Waals surface area (Å²) in [4.78, 5) is 17.5. The molecule has 3 atom stereocenters. The van der Waals surface area contributed by atoms with Crippen molar-refractivity contribution in [1.29, 1.82) is 0 Å². The van der Waals surface area contributed by atoms with Crippen molar-refractivity contribution in [2.24, 2.45) is 11.8 Å². The zero-order valence-electron chi connectivity index (χ0n) is 16.4. The number of carbonyl (C=O) groups excluding carboxylic acids is 1. The smallest absolute Gasteiger partial charge is 0.254 e. The molecule has 0 saturated carbocycles. The Bertz CT molecular complexity index is 871. The van der Waals surface area contributed by atoms with Crippen molar-refractivity contribution < 1.29 is 14.3 Å². The summed E-state index contributed by atoms with van der Waals surface area (Å²) in [6, 6.07) is 13.8. The van der Waals surface area contributed by atoms with E-state index in [1.165, 1.54) is 5.56 Å². The summed E-state index contributed by atoms with van der Waals surface area (Å²) < 4.78 is 10.5. The average Bonchev–Trinajstić information content (AvgIpc) is 3.23. The summed E-state index contributed by atoms with van der Waals surface area (Å²) in [6.07, 6.45) is 0. The van der Waals surface area contributed by atoms with Crippen LogP contribution in [0, 0.1) is 11.8 Å². The molecule has 0 N–H and O–H groups in total. The number of amides is 1. The van der Waals surface area contributed by atoms with Crippen molar-refractivity contribution in [3.8, 4) is 11.5 Å². The van der Waals surface area contributed by atoms with E-state index < -0.39 is 0 Å². The van der Waals surface area contributed by atoms with Gasteiger partial charge >= 0.3 is 0 Å². The Kier molecular flexibility index (Phi) is 5.21. The van der Waals surface area contributed by atoms with Crippen molar-refractivity contribution in [3.63, 3.8) is 0 Å². The normalized spacial score (nSPS) is 24.3. The van der Waals surface area contributed by atoms with Crippen molar-refractivity contribution >= 4 is 17.5 Å². The van der Waals surface area contributed by atoms with E-state index in [1.54, 1.807) is 32.4 Å². The second-order valence-electron chi connectivity index (χ2n) is 7.67. The van der Waals surface area contributed by atoms with Gasteiger partial charge in [0.1, 0.15) is 11.5 Å². The minimum atomic E-state index is 0.0198. The van der Waals surface area contributed by atoms with Gasteiger partial charge < -0.3 is 14.4 Å². The van der Waals surface area contributed by atoms with E-state index in [4.69, 9.17) is 21.1 Å². The lowest BCUT2D eigenvalue weighted by Crippen LogP contribution is -2.33. The molecule has 4 rings (SSSR count). The predicted octanol–water partition coefficient (Wildman–Crippen LogP) is 3.73. The van der Waals surface area contributed by atoms with Crippen molar-refractivity contribution in [2.45, 2.75) is 6.04 Å². The minimum absolute atomic E-state index is 0.0198. The number of likely N-dealkylation sites (tertiary alicyclic amines) is 2. The lowest BCUT2D eigenvalue weighted by Gasteiger charge is -2.27. The molecule has 2 fully saturated rings. The van der Waals surface area contributed by atoms with Crippen molar-refractivity contribution in [2.75, 3.05) is 40.9 Å². The number of methoxy groups -OCH3 is 2. The van der Waals surface area contributed by atoms with Gasteiger partial charge in [-0.05, 0) is 48.9 Å². The molecule has 2 aromatic rings. The van der Waals surface area contributed by atoms with Crippen LogP contribution in [0.15, 0.2) is 42.5 Å². The third kappa shape index (κ3) is 3.45. The quantitative estimate of drug-likeness (QED) is 0.784. The maximum atomic E-state index is 13.1. The first kappa shape index (κ1) is 19.1. The van der Waals surface area contributed by atoms with Gasteiger partial charge in [0.25, 0.3) is 5.91 Å².